The summed E-state index contributed by atoms with van der Waals surface area (Å²) in [7, 11) is 0. The quantitative estimate of drug-likeness (QED) is 0.183. The van der Waals surface area contributed by atoms with Gasteiger partial charge in [0.25, 0.3) is 11.8 Å². The molecule has 0 fully saturated rings. The van der Waals surface area contributed by atoms with Crippen molar-refractivity contribution < 1.29 is 14.3 Å². The van der Waals surface area contributed by atoms with Gasteiger partial charge in [-0.1, -0.05) is 18.2 Å². The molecule has 0 bridgehead atoms. The number of carbonyl (C=O) groups excluding carboxylic acids is 2. The molecule has 0 spiro atoms. The minimum atomic E-state index is -0.325. The molecule has 174 valence electrons. The van der Waals surface area contributed by atoms with E-state index in [2.05, 4.69) is 20.6 Å². The molecule has 8 heteroatoms. The molecule has 4 aromatic rings. The van der Waals surface area contributed by atoms with Gasteiger partial charge in [0.2, 0.25) is 5.69 Å². The Hall–Kier alpha value is -4.85. The van der Waals surface area contributed by atoms with Crippen LogP contribution in [0.25, 0.3) is 0 Å². The number of benzene rings is 2. The zero-order valence-corrected chi connectivity index (χ0v) is 19.2. The lowest BCUT2D eigenvalue weighted by atomic mass is 10.1. The Labute approximate surface area is 202 Å². The molecule has 0 saturated heterocycles. The Morgan fingerprint density at radius 3 is 1.86 bits per heavy atom. The third-order valence-electron chi connectivity index (χ3n) is 5.06. The van der Waals surface area contributed by atoms with E-state index < -0.39 is 0 Å². The molecule has 0 unspecified atom stereocenters. The average Bonchev–Trinajstić information content (AvgIpc) is 2.84. The fourth-order valence-corrected chi connectivity index (χ4v) is 3.33. The van der Waals surface area contributed by atoms with Gasteiger partial charge in [-0.25, -0.2) is 9.97 Å². The first-order chi connectivity index (χ1) is 16.9. The van der Waals surface area contributed by atoms with Crippen LogP contribution in [-0.2, 0) is 0 Å². The van der Waals surface area contributed by atoms with Crippen molar-refractivity contribution in [3.8, 4) is 0 Å². The molecule has 8 nitrogen and oxygen atoms in total. The molecule has 2 amide bonds. The predicted octanol–water partition coefficient (Wildman–Crippen LogP) is 4.86. The third kappa shape index (κ3) is 6.14. The maximum atomic E-state index is 12.7. The first-order valence-electron chi connectivity index (χ1n) is 10.9. The van der Waals surface area contributed by atoms with Crippen molar-refractivity contribution in [3.05, 3.63) is 118 Å². The van der Waals surface area contributed by atoms with Crippen LogP contribution in [0, 0.1) is 19.1 Å². The number of aromatic nitrogens is 2. The second-order valence-electron chi connectivity index (χ2n) is 7.86. The van der Waals surface area contributed by atoms with E-state index >= 15 is 0 Å². The fourth-order valence-electron chi connectivity index (χ4n) is 3.33. The Morgan fingerprint density at radius 1 is 0.743 bits per heavy atom. The highest BCUT2D eigenvalue weighted by Crippen LogP contribution is 2.15. The minimum absolute atomic E-state index is 0.321. The van der Waals surface area contributed by atoms with Crippen LogP contribution in [0.3, 0.4) is 0 Å². The topological polar surface area (TPSA) is 110 Å². The average molecular weight is 466 g/mol. The second kappa shape index (κ2) is 10.4. The number of anilines is 2. The lowest BCUT2D eigenvalue weighted by Crippen LogP contribution is -2.13. The number of aryl methyl sites for hydroxylation is 2. The van der Waals surface area contributed by atoms with Crippen molar-refractivity contribution in [2.24, 2.45) is 0 Å². The van der Waals surface area contributed by atoms with Crippen LogP contribution in [0.5, 0.6) is 0 Å². The molecule has 0 radical (unpaired) electrons. The summed E-state index contributed by atoms with van der Waals surface area (Å²) in [4.78, 5) is 33.6. The first-order valence-corrected chi connectivity index (χ1v) is 10.9. The third-order valence-corrected chi connectivity index (χ3v) is 5.06. The van der Waals surface area contributed by atoms with Crippen molar-refractivity contribution >= 4 is 35.4 Å². The van der Waals surface area contributed by atoms with E-state index in [1.165, 1.54) is 6.21 Å². The molecule has 2 aromatic carbocycles. The maximum Gasteiger partial charge on any atom is 0.256 e. The molecule has 4 rings (SSSR count). The molecule has 0 atom stereocenters. The number of hydrogen-bond donors (Lipinski definition) is 2. The minimum Gasteiger partial charge on any atom is -0.618 e. The number of hydrogen-bond acceptors (Lipinski definition) is 5. The zero-order valence-electron chi connectivity index (χ0n) is 19.2. The number of rotatable bonds is 6. The van der Waals surface area contributed by atoms with Crippen molar-refractivity contribution in [1.82, 2.24) is 9.97 Å². The number of nitrogens with one attached hydrogen (secondary N) is 2. The van der Waals surface area contributed by atoms with E-state index in [0.717, 1.165) is 11.4 Å². The highest BCUT2D eigenvalue weighted by atomic mass is 16.5. The Kier molecular flexibility index (Phi) is 6.92. The summed E-state index contributed by atoms with van der Waals surface area (Å²) in [6.45, 7) is 3.68. The summed E-state index contributed by atoms with van der Waals surface area (Å²) in [5.74, 6) is 0.268. The van der Waals surface area contributed by atoms with Crippen LogP contribution in [0.4, 0.5) is 17.3 Å². The van der Waals surface area contributed by atoms with Crippen molar-refractivity contribution in [1.29, 1.82) is 0 Å². The molecule has 2 aromatic heterocycles. The van der Waals surface area contributed by atoms with Gasteiger partial charge in [-0.3, -0.25) is 9.59 Å². The van der Waals surface area contributed by atoms with Crippen molar-refractivity contribution in [2.75, 3.05) is 10.6 Å². The highest BCUT2D eigenvalue weighted by Gasteiger charge is 2.11. The SMILES string of the molecule is Cc1cccc(NC(=O)c2ccc(/[N+]([O-])=C/c3cccc(C(=O)Nc4cccc(C)n4)c3)cc2)n1. The van der Waals surface area contributed by atoms with E-state index in [-0.39, 0.29) is 11.8 Å². The summed E-state index contributed by atoms with van der Waals surface area (Å²) in [5.41, 5.74) is 3.28. The monoisotopic (exact) mass is 465 g/mol. The van der Waals surface area contributed by atoms with Gasteiger partial charge in [0.1, 0.15) is 11.6 Å². The fraction of sp³-hybridized carbons (Fsp3) is 0.0741. The molecular formula is C27H23N5O3. The van der Waals surface area contributed by atoms with E-state index in [9.17, 15) is 14.8 Å². The predicted molar refractivity (Wildman–Crippen MR) is 135 cm³/mol. The standard InChI is InChI=1S/C27H23N5O3/c1-18-6-3-10-24(28-18)30-26(33)21-12-14-23(15-13-21)32(35)17-20-8-5-9-22(16-20)27(34)31-25-11-4-7-19(2)29-25/h3-17H,1-2H3,(H,28,30,33)(H,29,31,34)/b32-17-. The number of amides is 2. The Bertz CT molecular complexity index is 1410. The van der Waals surface area contributed by atoms with E-state index in [1.807, 2.05) is 38.1 Å². The number of pyridine rings is 2. The second-order valence-corrected chi connectivity index (χ2v) is 7.86. The Morgan fingerprint density at radius 2 is 1.29 bits per heavy atom. The van der Waals surface area contributed by atoms with E-state index in [0.29, 0.717) is 38.8 Å². The van der Waals surface area contributed by atoms with Gasteiger partial charge < -0.3 is 15.8 Å². The molecule has 0 aliphatic heterocycles. The molecule has 0 aliphatic carbocycles. The lowest BCUT2D eigenvalue weighted by Gasteiger charge is -2.07. The largest absolute Gasteiger partial charge is 0.618 e. The summed E-state index contributed by atoms with van der Waals surface area (Å²) in [6, 6.07) is 23.7. The lowest BCUT2D eigenvalue weighted by molar-refractivity contribution is -0.354. The first kappa shape index (κ1) is 23.3. The summed E-state index contributed by atoms with van der Waals surface area (Å²) >= 11 is 0. The van der Waals surface area contributed by atoms with Gasteiger partial charge in [0.15, 0.2) is 6.21 Å². The van der Waals surface area contributed by atoms with Gasteiger partial charge >= 0.3 is 0 Å². The molecule has 2 heterocycles. The normalized spacial score (nSPS) is 11.1. The van der Waals surface area contributed by atoms with Crippen LogP contribution in [0.15, 0.2) is 84.9 Å². The van der Waals surface area contributed by atoms with Gasteiger partial charge in [0, 0.05) is 40.2 Å². The molecule has 2 N–H and O–H groups in total. The van der Waals surface area contributed by atoms with Gasteiger partial charge in [-0.05, 0) is 68.4 Å². The van der Waals surface area contributed by atoms with Crippen LogP contribution in [0.1, 0.15) is 37.7 Å². The smallest absolute Gasteiger partial charge is 0.256 e. The van der Waals surface area contributed by atoms with E-state index in [1.54, 1.807) is 60.7 Å². The van der Waals surface area contributed by atoms with Gasteiger partial charge in [0.05, 0.1) is 0 Å². The molecular weight excluding hydrogens is 442 g/mol. The van der Waals surface area contributed by atoms with Gasteiger partial charge in [-0.2, -0.15) is 4.74 Å². The van der Waals surface area contributed by atoms with Gasteiger partial charge in [-0.15, -0.1) is 0 Å². The zero-order chi connectivity index (χ0) is 24.8. The maximum absolute atomic E-state index is 12.7. The molecule has 0 aliphatic rings. The summed E-state index contributed by atoms with van der Waals surface area (Å²) < 4.78 is 0.683. The molecule has 35 heavy (non-hydrogen) atoms. The number of nitrogens with zero attached hydrogens (tertiary/aromatic N) is 3. The van der Waals surface area contributed by atoms with Crippen molar-refractivity contribution in [3.63, 3.8) is 0 Å². The summed E-state index contributed by atoms with van der Waals surface area (Å²) in [5, 5.41) is 18.2. The van der Waals surface area contributed by atoms with E-state index in [4.69, 9.17) is 0 Å². The van der Waals surface area contributed by atoms with Crippen LogP contribution >= 0.6 is 0 Å². The van der Waals surface area contributed by atoms with Crippen molar-refractivity contribution in [2.45, 2.75) is 13.8 Å². The van der Waals surface area contributed by atoms with Crippen LogP contribution < -0.4 is 10.6 Å². The number of carbonyl (C=O) groups is 2. The molecule has 0 saturated carbocycles. The Balaban J connectivity index is 1.45. The van der Waals surface area contributed by atoms with Crippen LogP contribution in [-0.4, -0.2) is 32.7 Å². The summed E-state index contributed by atoms with van der Waals surface area (Å²) in [6.07, 6.45) is 1.37. The highest BCUT2D eigenvalue weighted by molar-refractivity contribution is 6.05. The van der Waals surface area contributed by atoms with Crippen LogP contribution in [0.2, 0.25) is 0 Å².